The molecule has 0 aliphatic carbocycles. The quantitative estimate of drug-likeness (QED) is 0.585. The summed E-state index contributed by atoms with van der Waals surface area (Å²) in [5.41, 5.74) is 2.33. The zero-order valence-corrected chi connectivity index (χ0v) is 18.1. The van der Waals surface area contributed by atoms with Crippen LogP contribution in [-0.2, 0) is 22.0 Å². The van der Waals surface area contributed by atoms with Crippen LogP contribution in [0.5, 0.6) is 0 Å². The van der Waals surface area contributed by atoms with Crippen molar-refractivity contribution in [3.63, 3.8) is 0 Å². The number of nitrogens with zero attached hydrogens (tertiary/aromatic N) is 2. The van der Waals surface area contributed by atoms with Crippen LogP contribution < -0.4 is 4.72 Å². The molecule has 0 aliphatic heterocycles. The Morgan fingerprint density at radius 1 is 1.04 bits per heavy atom. The van der Waals surface area contributed by atoms with E-state index in [4.69, 9.17) is 23.2 Å². The van der Waals surface area contributed by atoms with Crippen molar-refractivity contribution in [2.24, 2.45) is 0 Å². The predicted octanol–water partition coefficient (Wildman–Crippen LogP) is 5.34. The molecule has 0 unspecified atom stereocenters. The fourth-order valence-electron chi connectivity index (χ4n) is 2.68. The van der Waals surface area contributed by atoms with E-state index in [0.717, 1.165) is 11.1 Å². The molecule has 148 valence electrons. The summed E-state index contributed by atoms with van der Waals surface area (Å²) in [7, 11) is -3.69. The number of benzene rings is 2. The minimum absolute atomic E-state index is 0.0403. The van der Waals surface area contributed by atoms with Crippen LogP contribution >= 0.6 is 23.2 Å². The molecule has 0 amide bonds. The highest BCUT2D eigenvalue weighted by atomic mass is 35.5. The summed E-state index contributed by atoms with van der Waals surface area (Å²) in [6.07, 6.45) is 3.10. The molecule has 0 saturated carbocycles. The van der Waals surface area contributed by atoms with E-state index in [0.29, 0.717) is 22.3 Å². The van der Waals surface area contributed by atoms with Crippen LogP contribution in [0.4, 0.5) is 5.69 Å². The summed E-state index contributed by atoms with van der Waals surface area (Å²) in [4.78, 5) is 0.206. The molecule has 0 atom stereocenters. The molecular weight excluding hydrogens is 417 g/mol. The third-order valence-corrected chi connectivity index (χ3v) is 6.38. The van der Waals surface area contributed by atoms with E-state index < -0.39 is 10.0 Å². The maximum atomic E-state index is 12.6. The second-order valence-electron chi connectivity index (χ2n) is 7.55. The van der Waals surface area contributed by atoms with Crippen LogP contribution in [0.25, 0.3) is 0 Å². The van der Waals surface area contributed by atoms with Gasteiger partial charge < -0.3 is 0 Å². The smallest absolute Gasteiger partial charge is 0.261 e. The summed E-state index contributed by atoms with van der Waals surface area (Å²) >= 11 is 11.9. The van der Waals surface area contributed by atoms with Gasteiger partial charge in [0.05, 0.1) is 33.4 Å². The van der Waals surface area contributed by atoms with Crippen LogP contribution in [0.3, 0.4) is 0 Å². The fourth-order valence-corrected chi connectivity index (χ4v) is 4.02. The number of anilines is 1. The van der Waals surface area contributed by atoms with Crippen LogP contribution in [-0.4, -0.2) is 18.2 Å². The van der Waals surface area contributed by atoms with Gasteiger partial charge in [0.25, 0.3) is 10.0 Å². The van der Waals surface area contributed by atoms with Crippen LogP contribution in [0, 0.1) is 0 Å². The van der Waals surface area contributed by atoms with Crippen LogP contribution in [0.2, 0.25) is 10.0 Å². The minimum Gasteiger partial charge on any atom is -0.276 e. The monoisotopic (exact) mass is 437 g/mol. The number of hydrogen-bond acceptors (Lipinski definition) is 3. The molecule has 0 radical (unpaired) electrons. The summed E-state index contributed by atoms with van der Waals surface area (Å²) < 4.78 is 29.5. The Morgan fingerprint density at radius 3 is 2.32 bits per heavy atom. The lowest BCUT2D eigenvalue weighted by molar-refractivity contribution is 0.587. The zero-order valence-electron chi connectivity index (χ0n) is 15.8. The van der Waals surface area contributed by atoms with Gasteiger partial charge in [-0.1, -0.05) is 62.2 Å². The summed E-state index contributed by atoms with van der Waals surface area (Å²) in [5.74, 6) is 0. The third kappa shape index (κ3) is 4.87. The molecule has 5 nitrogen and oxygen atoms in total. The number of rotatable bonds is 5. The first-order chi connectivity index (χ1) is 13.0. The highest BCUT2D eigenvalue weighted by Crippen LogP contribution is 2.25. The molecule has 28 heavy (non-hydrogen) atoms. The lowest BCUT2D eigenvalue weighted by Crippen LogP contribution is -2.14. The second kappa shape index (κ2) is 7.78. The molecule has 0 saturated heterocycles. The van der Waals surface area contributed by atoms with Gasteiger partial charge in [-0.15, -0.1) is 0 Å². The van der Waals surface area contributed by atoms with E-state index in [9.17, 15) is 8.42 Å². The van der Waals surface area contributed by atoms with Gasteiger partial charge in [-0.2, -0.15) is 5.10 Å². The van der Waals surface area contributed by atoms with Gasteiger partial charge in [0, 0.05) is 6.20 Å². The van der Waals surface area contributed by atoms with Crippen molar-refractivity contribution >= 4 is 38.9 Å². The average molecular weight is 438 g/mol. The Labute approximate surface area is 175 Å². The predicted molar refractivity (Wildman–Crippen MR) is 114 cm³/mol. The van der Waals surface area contributed by atoms with Gasteiger partial charge in [0.2, 0.25) is 0 Å². The lowest BCUT2D eigenvalue weighted by Gasteiger charge is -2.19. The number of aromatic nitrogens is 2. The first kappa shape index (κ1) is 20.7. The summed E-state index contributed by atoms with van der Waals surface area (Å²) in [5, 5.41) is 5.15. The molecule has 0 fully saturated rings. The van der Waals surface area contributed by atoms with E-state index >= 15 is 0 Å². The van der Waals surface area contributed by atoms with Crippen molar-refractivity contribution in [1.82, 2.24) is 9.78 Å². The number of halogens is 2. The Hall–Kier alpha value is -2.02. The molecule has 2 aromatic carbocycles. The lowest BCUT2D eigenvalue weighted by atomic mass is 9.87. The third-order valence-electron chi connectivity index (χ3n) is 4.24. The SMILES string of the molecule is CC(C)(C)c1ccc(S(=O)(=O)Nc2cnn(Cc3ccc(Cl)c(Cl)c3)c2)cc1. The summed E-state index contributed by atoms with van der Waals surface area (Å²) in [6, 6.07) is 12.2. The van der Waals surface area contributed by atoms with Crippen molar-refractivity contribution in [3.8, 4) is 0 Å². The normalized spacial score (nSPS) is 12.2. The molecule has 1 aromatic heterocycles. The van der Waals surface area contributed by atoms with Gasteiger partial charge >= 0.3 is 0 Å². The largest absolute Gasteiger partial charge is 0.276 e. The highest BCUT2D eigenvalue weighted by molar-refractivity contribution is 7.92. The Bertz CT molecular complexity index is 1090. The zero-order chi connectivity index (χ0) is 20.5. The van der Waals surface area contributed by atoms with Gasteiger partial charge in [-0.25, -0.2) is 8.42 Å². The average Bonchev–Trinajstić information content (AvgIpc) is 3.04. The van der Waals surface area contributed by atoms with Gasteiger partial charge in [0.15, 0.2) is 0 Å². The van der Waals surface area contributed by atoms with Crippen molar-refractivity contribution in [2.75, 3.05) is 4.72 Å². The number of hydrogen-bond donors (Lipinski definition) is 1. The molecule has 1 N–H and O–H groups in total. The van der Waals surface area contributed by atoms with Crippen LogP contribution in [0.1, 0.15) is 31.9 Å². The van der Waals surface area contributed by atoms with Gasteiger partial charge in [-0.05, 0) is 40.8 Å². The van der Waals surface area contributed by atoms with Crippen LogP contribution in [0.15, 0.2) is 59.8 Å². The first-order valence-electron chi connectivity index (χ1n) is 8.64. The molecule has 1 heterocycles. The molecule has 3 aromatic rings. The minimum atomic E-state index is -3.69. The fraction of sp³-hybridized carbons (Fsp3) is 0.250. The van der Waals surface area contributed by atoms with Crippen molar-refractivity contribution in [3.05, 3.63) is 76.0 Å². The molecule has 8 heteroatoms. The molecule has 0 spiro atoms. The summed E-state index contributed by atoms with van der Waals surface area (Å²) in [6.45, 7) is 6.68. The topological polar surface area (TPSA) is 64.0 Å². The Kier molecular flexibility index (Phi) is 5.75. The van der Waals surface area contributed by atoms with E-state index in [2.05, 4.69) is 30.6 Å². The van der Waals surface area contributed by atoms with E-state index in [-0.39, 0.29) is 10.3 Å². The standard InChI is InChI=1S/C20H21Cl2N3O2S/c1-20(2,3)15-5-7-17(8-6-15)28(26,27)24-16-11-23-25(13-16)12-14-4-9-18(21)19(22)10-14/h4-11,13,24H,12H2,1-3H3. The van der Waals surface area contributed by atoms with Crippen molar-refractivity contribution in [2.45, 2.75) is 37.6 Å². The maximum Gasteiger partial charge on any atom is 0.261 e. The highest BCUT2D eigenvalue weighted by Gasteiger charge is 2.18. The first-order valence-corrected chi connectivity index (χ1v) is 10.9. The van der Waals surface area contributed by atoms with Gasteiger partial charge in [-0.3, -0.25) is 9.40 Å². The van der Waals surface area contributed by atoms with E-state index in [1.54, 1.807) is 35.1 Å². The maximum absolute atomic E-state index is 12.6. The number of nitrogens with one attached hydrogen (secondary N) is 1. The Morgan fingerprint density at radius 2 is 1.71 bits per heavy atom. The molecule has 0 aliphatic rings. The molecule has 0 bridgehead atoms. The van der Waals surface area contributed by atoms with Crippen molar-refractivity contribution in [1.29, 1.82) is 0 Å². The van der Waals surface area contributed by atoms with E-state index in [1.807, 2.05) is 18.2 Å². The molecule has 3 rings (SSSR count). The van der Waals surface area contributed by atoms with E-state index in [1.165, 1.54) is 6.20 Å². The number of sulfonamides is 1. The van der Waals surface area contributed by atoms with Crippen molar-refractivity contribution < 1.29 is 8.42 Å². The molecular formula is C20H21Cl2N3O2S. The Balaban J connectivity index is 1.73. The van der Waals surface area contributed by atoms with Gasteiger partial charge in [0.1, 0.15) is 0 Å². The second-order valence-corrected chi connectivity index (χ2v) is 10.1.